The molecule has 2 saturated carbocycles. The van der Waals surface area contributed by atoms with Crippen LogP contribution in [0.3, 0.4) is 0 Å². The van der Waals surface area contributed by atoms with Crippen LogP contribution in [-0.4, -0.2) is 60.2 Å². The van der Waals surface area contributed by atoms with E-state index in [-0.39, 0.29) is 11.2 Å². The first-order chi connectivity index (χ1) is 14.0. The molecule has 0 aromatic heterocycles. The normalized spacial score (nSPS) is 34.7. The zero-order chi connectivity index (χ0) is 20.0. The number of piperidine rings is 2. The lowest BCUT2D eigenvalue weighted by Crippen LogP contribution is -2.51. The molecule has 3 heterocycles. The van der Waals surface area contributed by atoms with E-state index < -0.39 is 10.0 Å². The minimum atomic E-state index is -3.04. The Bertz CT molecular complexity index is 767. The molecule has 3 atom stereocenters. The summed E-state index contributed by atoms with van der Waals surface area (Å²) in [4.78, 5) is 16.9. The Labute approximate surface area is 179 Å². The summed E-state index contributed by atoms with van der Waals surface area (Å²) >= 11 is 1.85. The summed E-state index contributed by atoms with van der Waals surface area (Å²) in [5, 5.41) is -0.103. The molecule has 0 aromatic carbocycles. The Morgan fingerprint density at radius 3 is 2.41 bits per heavy atom. The van der Waals surface area contributed by atoms with E-state index in [0.29, 0.717) is 31.0 Å². The number of rotatable bonds is 4. The van der Waals surface area contributed by atoms with Gasteiger partial charge in [-0.3, -0.25) is 4.79 Å². The van der Waals surface area contributed by atoms with Crippen molar-refractivity contribution in [3.05, 3.63) is 11.0 Å². The maximum atomic E-state index is 13.3. The number of sulfonamides is 1. The van der Waals surface area contributed by atoms with E-state index in [1.54, 1.807) is 4.31 Å². The molecule has 1 amide bonds. The predicted octanol–water partition coefficient (Wildman–Crippen LogP) is 3.62. The molecule has 2 aliphatic carbocycles. The van der Waals surface area contributed by atoms with E-state index in [0.717, 1.165) is 50.3 Å². The van der Waals surface area contributed by atoms with Crippen molar-refractivity contribution < 1.29 is 13.2 Å². The third-order valence-corrected chi connectivity index (χ3v) is 11.5. The minimum Gasteiger partial charge on any atom is -0.339 e. The Kier molecular flexibility index (Phi) is 5.76. The van der Waals surface area contributed by atoms with E-state index in [1.807, 2.05) is 11.8 Å². The first-order valence-electron chi connectivity index (χ1n) is 11.7. The molecule has 2 saturated heterocycles. The van der Waals surface area contributed by atoms with Crippen molar-refractivity contribution in [1.82, 2.24) is 9.21 Å². The molecule has 162 valence electrons. The number of thioether (sulfide) groups is 1. The Balaban J connectivity index is 1.20. The van der Waals surface area contributed by atoms with Crippen LogP contribution < -0.4 is 0 Å². The molecule has 0 aromatic rings. The Morgan fingerprint density at radius 1 is 0.931 bits per heavy atom. The van der Waals surface area contributed by atoms with E-state index in [9.17, 15) is 13.2 Å². The SMILES string of the molecule is O=C(C1C=C(C2CCN(S(=O)(=O)C3CC3)CC2)SC1)N1CCCC2CCCCC21. The quantitative estimate of drug-likeness (QED) is 0.673. The summed E-state index contributed by atoms with van der Waals surface area (Å²) in [7, 11) is -3.04. The van der Waals surface area contributed by atoms with Crippen LogP contribution in [0.1, 0.15) is 64.2 Å². The summed E-state index contributed by atoms with van der Waals surface area (Å²) in [5.74, 6) is 2.44. The van der Waals surface area contributed by atoms with Gasteiger partial charge in [0.2, 0.25) is 15.9 Å². The second-order valence-corrected chi connectivity index (χ2v) is 13.0. The highest BCUT2D eigenvalue weighted by Gasteiger charge is 2.42. The van der Waals surface area contributed by atoms with Crippen LogP contribution in [0.5, 0.6) is 0 Å². The van der Waals surface area contributed by atoms with E-state index >= 15 is 0 Å². The van der Waals surface area contributed by atoms with Crippen molar-refractivity contribution in [3.63, 3.8) is 0 Å². The number of likely N-dealkylation sites (tertiary alicyclic amines) is 1. The molecule has 7 heteroatoms. The molecule has 0 N–H and O–H groups in total. The summed E-state index contributed by atoms with van der Waals surface area (Å²) in [5.41, 5.74) is 0. The van der Waals surface area contributed by atoms with Gasteiger partial charge in [0, 0.05) is 31.4 Å². The van der Waals surface area contributed by atoms with Crippen LogP contribution in [0.2, 0.25) is 0 Å². The molecule has 5 aliphatic rings. The highest BCUT2D eigenvalue weighted by atomic mass is 32.2. The van der Waals surface area contributed by atoms with Gasteiger partial charge in [0.25, 0.3) is 0 Å². The molecule has 29 heavy (non-hydrogen) atoms. The van der Waals surface area contributed by atoms with Crippen molar-refractivity contribution in [1.29, 1.82) is 0 Å². The topological polar surface area (TPSA) is 57.7 Å². The average Bonchev–Trinajstić information content (AvgIpc) is 3.51. The first kappa shape index (κ1) is 20.4. The lowest BCUT2D eigenvalue weighted by molar-refractivity contribution is -0.139. The fourth-order valence-electron chi connectivity index (χ4n) is 5.96. The van der Waals surface area contributed by atoms with Gasteiger partial charge in [0.15, 0.2) is 0 Å². The predicted molar refractivity (Wildman–Crippen MR) is 117 cm³/mol. The van der Waals surface area contributed by atoms with Gasteiger partial charge >= 0.3 is 0 Å². The van der Waals surface area contributed by atoms with Crippen molar-refractivity contribution in [2.45, 2.75) is 75.5 Å². The van der Waals surface area contributed by atoms with Crippen LogP contribution in [-0.2, 0) is 14.8 Å². The van der Waals surface area contributed by atoms with E-state index in [2.05, 4.69) is 11.0 Å². The summed E-state index contributed by atoms with van der Waals surface area (Å²) in [6, 6.07) is 0.489. The minimum absolute atomic E-state index is 0.0314. The smallest absolute Gasteiger partial charge is 0.230 e. The van der Waals surface area contributed by atoms with Gasteiger partial charge in [-0.15, -0.1) is 11.8 Å². The van der Waals surface area contributed by atoms with Crippen molar-refractivity contribution in [2.75, 3.05) is 25.4 Å². The van der Waals surface area contributed by atoms with Gasteiger partial charge in [0.05, 0.1) is 11.2 Å². The maximum Gasteiger partial charge on any atom is 0.230 e. The molecular weight excluding hydrogens is 404 g/mol. The third kappa shape index (κ3) is 4.03. The molecule has 3 aliphatic heterocycles. The number of hydrogen-bond acceptors (Lipinski definition) is 4. The van der Waals surface area contributed by atoms with Crippen LogP contribution >= 0.6 is 11.8 Å². The van der Waals surface area contributed by atoms with Crippen LogP contribution in [0, 0.1) is 17.8 Å². The second kappa shape index (κ2) is 8.19. The first-order valence-corrected chi connectivity index (χ1v) is 14.2. The summed E-state index contributed by atoms with van der Waals surface area (Å²) < 4.78 is 26.7. The van der Waals surface area contributed by atoms with Crippen LogP contribution in [0.4, 0.5) is 0 Å². The fraction of sp³-hybridized carbons (Fsp3) is 0.864. The molecule has 0 radical (unpaired) electrons. The number of carbonyl (C=O) groups excluding carboxylic acids is 1. The molecule has 3 unspecified atom stereocenters. The van der Waals surface area contributed by atoms with Crippen molar-refractivity contribution in [2.24, 2.45) is 17.8 Å². The van der Waals surface area contributed by atoms with Gasteiger partial charge in [0.1, 0.15) is 0 Å². The lowest BCUT2D eigenvalue weighted by Gasteiger charge is -2.44. The monoisotopic (exact) mass is 438 g/mol. The highest BCUT2D eigenvalue weighted by molar-refractivity contribution is 8.03. The van der Waals surface area contributed by atoms with Crippen LogP contribution in [0.25, 0.3) is 0 Å². The maximum absolute atomic E-state index is 13.3. The Hall–Kier alpha value is -0.530. The number of amides is 1. The van der Waals surface area contributed by atoms with Gasteiger partial charge < -0.3 is 4.90 Å². The van der Waals surface area contributed by atoms with Gasteiger partial charge in [-0.1, -0.05) is 18.9 Å². The van der Waals surface area contributed by atoms with Crippen molar-refractivity contribution in [3.8, 4) is 0 Å². The Morgan fingerprint density at radius 2 is 1.66 bits per heavy atom. The molecular formula is C22H34N2O3S2. The molecule has 0 bridgehead atoms. The van der Waals surface area contributed by atoms with Gasteiger partial charge in [-0.05, 0) is 68.1 Å². The average molecular weight is 439 g/mol. The number of hydrogen-bond donors (Lipinski definition) is 0. The summed E-state index contributed by atoms with van der Waals surface area (Å²) in [6.45, 7) is 2.24. The zero-order valence-electron chi connectivity index (χ0n) is 17.3. The lowest BCUT2D eigenvalue weighted by atomic mass is 9.78. The largest absolute Gasteiger partial charge is 0.339 e. The number of fused-ring (bicyclic) bond motifs is 1. The van der Waals surface area contributed by atoms with Gasteiger partial charge in [-0.2, -0.15) is 0 Å². The summed E-state index contributed by atoms with van der Waals surface area (Å²) in [6.07, 6.45) is 13.3. The van der Waals surface area contributed by atoms with E-state index in [1.165, 1.54) is 37.0 Å². The number of allylic oxidation sites excluding steroid dienone is 1. The zero-order valence-corrected chi connectivity index (χ0v) is 18.9. The molecule has 0 spiro atoms. The highest BCUT2D eigenvalue weighted by Crippen LogP contribution is 2.42. The van der Waals surface area contributed by atoms with Gasteiger partial charge in [-0.25, -0.2) is 12.7 Å². The standard InChI is InChI=1S/C22H34N2O3S2/c25-22(24-11-3-5-16-4-1-2-6-20(16)24)18-14-21(28-15-18)17-9-12-23(13-10-17)29(26,27)19-7-8-19/h14,16-20H,1-13,15H2. The van der Waals surface area contributed by atoms with E-state index in [4.69, 9.17) is 0 Å². The third-order valence-electron chi connectivity index (χ3n) is 7.80. The molecule has 5 rings (SSSR count). The van der Waals surface area contributed by atoms with Crippen molar-refractivity contribution >= 4 is 27.7 Å². The molecule has 4 fully saturated rings. The second-order valence-electron chi connectivity index (χ2n) is 9.69. The molecule has 5 nitrogen and oxygen atoms in total. The van der Waals surface area contributed by atoms with Crippen LogP contribution in [0.15, 0.2) is 11.0 Å². The fourth-order valence-corrected chi connectivity index (χ4v) is 9.18. The number of nitrogens with zero attached hydrogens (tertiary/aromatic N) is 2. The number of carbonyl (C=O) groups is 1.